The maximum absolute atomic E-state index is 6.43. The summed E-state index contributed by atoms with van der Waals surface area (Å²) < 4.78 is 11.3. The average Bonchev–Trinajstić information content (AvgIpc) is 2.67. The van der Waals surface area contributed by atoms with Gasteiger partial charge in [0.15, 0.2) is 11.5 Å². The number of hydrogen-bond acceptors (Lipinski definition) is 3. The third-order valence-electron chi connectivity index (χ3n) is 4.04. The van der Waals surface area contributed by atoms with Crippen molar-refractivity contribution >= 4 is 46.7 Å². The molecule has 0 saturated carbocycles. The van der Waals surface area contributed by atoms with Crippen LogP contribution in [0.1, 0.15) is 16.7 Å². The summed E-state index contributed by atoms with van der Waals surface area (Å²) in [5, 5.41) is 1.53. The van der Waals surface area contributed by atoms with Crippen LogP contribution in [0.2, 0.25) is 15.1 Å². The summed E-state index contributed by atoms with van der Waals surface area (Å²) in [6.07, 6.45) is 1.74. The Hall–Kier alpha value is -2.20. The van der Waals surface area contributed by atoms with Crippen molar-refractivity contribution in [3.63, 3.8) is 0 Å². The molecule has 0 aliphatic heterocycles. The molecule has 0 aliphatic carbocycles. The molecule has 0 spiro atoms. The summed E-state index contributed by atoms with van der Waals surface area (Å²) in [7, 11) is 1.56. The first kappa shape index (κ1) is 20.5. The predicted molar refractivity (Wildman–Crippen MR) is 117 cm³/mol. The average molecular weight is 435 g/mol. The first-order valence-corrected chi connectivity index (χ1v) is 9.64. The third kappa shape index (κ3) is 5.20. The van der Waals surface area contributed by atoms with Crippen LogP contribution in [0.4, 0.5) is 5.69 Å². The lowest BCUT2D eigenvalue weighted by atomic mass is 10.2. The predicted octanol–water partition coefficient (Wildman–Crippen LogP) is 7.29. The second kappa shape index (κ2) is 9.33. The second-order valence-electron chi connectivity index (χ2n) is 6.15. The molecule has 3 rings (SSSR count). The molecule has 28 heavy (non-hydrogen) atoms. The first-order chi connectivity index (χ1) is 13.5. The Balaban J connectivity index is 1.80. The molecule has 3 aromatic carbocycles. The zero-order valence-corrected chi connectivity index (χ0v) is 17.6. The van der Waals surface area contributed by atoms with Gasteiger partial charge in [-0.2, -0.15) is 0 Å². The van der Waals surface area contributed by atoms with Crippen LogP contribution in [0, 0.1) is 6.92 Å². The maximum Gasteiger partial charge on any atom is 0.180 e. The van der Waals surface area contributed by atoms with Gasteiger partial charge in [-0.15, -0.1) is 0 Å². The lowest BCUT2D eigenvalue weighted by molar-refractivity contribution is 0.285. The molecule has 144 valence electrons. The summed E-state index contributed by atoms with van der Waals surface area (Å²) in [5.74, 6) is 0.964. The molecule has 3 aromatic rings. The van der Waals surface area contributed by atoms with Gasteiger partial charge in [0.05, 0.1) is 17.8 Å². The van der Waals surface area contributed by atoms with E-state index in [-0.39, 0.29) is 6.61 Å². The lowest BCUT2D eigenvalue weighted by Gasteiger charge is -2.14. The van der Waals surface area contributed by atoms with Gasteiger partial charge in [-0.05, 0) is 48.9 Å². The van der Waals surface area contributed by atoms with Crippen LogP contribution >= 0.6 is 34.8 Å². The molecule has 3 nitrogen and oxygen atoms in total. The maximum atomic E-state index is 6.43. The quantitative estimate of drug-likeness (QED) is 0.381. The van der Waals surface area contributed by atoms with E-state index in [2.05, 4.69) is 4.99 Å². The van der Waals surface area contributed by atoms with Gasteiger partial charge < -0.3 is 9.47 Å². The van der Waals surface area contributed by atoms with Crippen LogP contribution in [0.25, 0.3) is 0 Å². The van der Waals surface area contributed by atoms with Crippen LogP contribution in [0.5, 0.6) is 11.5 Å². The van der Waals surface area contributed by atoms with E-state index in [1.165, 1.54) is 5.56 Å². The minimum atomic E-state index is 0.239. The van der Waals surface area contributed by atoms with E-state index >= 15 is 0 Å². The molecule has 0 radical (unpaired) electrons. The van der Waals surface area contributed by atoms with Crippen molar-refractivity contribution in [1.29, 1.82) is 0 Å². The Morgan fingerprint density at radius 3 is 2.36 bits per heavy atom. The number of methoxy groups -OCH3 is 1. The van der Waals surface area contributed by atoms with E-state index in [4.69, 9.17) is 44.3 Å². The highest BCUT2D eigenvalue weighted by molar-refractivity contribution is 6.35. The zero-order valence-electron chi connectivity index (χ0n) is 15.4. The van der Waals surface area contributed by atoms with Gasteiger partial charge in [-0.25, -0.2) is 0 Å². The standard InChI is InChI=1S/C22H18Cl3NO2/c1-14-3-7-18(8-4-14)26-12-15-9-20(25)22(21(10-15)27-2)28-13-16-5-6-17(23)11-19(16)24/h3-12H,13H2,1-2H3. The minimum Gasteiger partial charge on any atom is -0.493 e. The van der Waals surface area contributed by atoms with Crippen LogP contribution in [0.3, 0.4) is 0 Å². The number of hydrogen-bond donors (Lipinski definition) is 0. The van der Waals surface area contributed by atoms with Gasteiger partial charge in [-0.1, -0.05) is 58.6 Å². The molecule has 0 heterocycles. The number of aryl methyl sites for hydroxylation is 1. The van der Waals surface area contributed by atoms with Gasteiger partial charge in [0.25, 0.3) is 0 Å². The summed E-state index contributed by atoms with van der Waals surface area (Å²) in [4.78, 5) is 4.47. The monoisotopic (exact) mass is 433 g/mol. The Bertz CT molecular complexity index is 1000. The van der Waals surface area contributed by atoms with Gasteiger partial charge in [0.1, 0.15) is 6.61 Å². The molecule has 0 saturated heterocycles. The molecule has 0 N–H and O–H groups in total. The Morgan fingerprint density at radius 1 is 0.929 bits per heavy atom. The summed E-state index contributed by atoms with van der Waals surface area (Å²) in [6.45, 7) is 2.27. The van der Waals surface area contributed by atoms with E-state index in [1.807, 2.05) is 43.3 Å². The minimum absolute atomic E-state index is 0.239. The number of halogens is 3. The SMILES string of the molecule is COc1cc(C=Nc2ccc(C)cc2)cc(Cl)c1OCc1ccc(Cl)cc1Cl. The second-order valence-corrected chi connectivity index (χ2v) is 7.40. The Morgan fingerprint density at radius 2 is 1.68 bits per heavy atom. The normalized spacial score (nSPS) is 11.0. The fourth-order valence-electron chi connectivity index (χ4n) is 2.52. The number of nitrogens with zero attached hydrogens (tertiary/aromatic N) is 1. The van der Waals surface area contributed by atoms with Crippen molar-refractivity contribution in [2.24, 2.45) is 4.99 Å². The molecule has 0 amide bonds. The van der Waals surface area contributed by atoms with Gasteiger partial charge in [-0.3, -0.25) is 4.99 Å². The summed E-state index contributed by atoms with van der Waals surface area (Å²) in [6, 6.07) is 16.8. The highest BCUT2D eigenvalue weighted by Gasteiger charge is 2.13. The lowest BCUT2D eigenvalue weighted by Crippen LogP contribution is -2.00. The molecule has 0 fully saturated rings. The largest absolute Gasteiger partial charge is 0.493 e. The van der Waals surface area contributed by atoms with E-state index in [1.54, 1.807) is 31.5 Å². The Kier molecular flexibility index (Phi) is 6.84. The van der Waals surface area contributed by atoms with Crippen molar-refractivity contribution in [2.75, 3.05) is 7.11 Å². The molecule has 0 atom stereocenters. The highest BCUT2D eigenvalue weighted by atomic mass is 35.5. The number of benzene rings is 3. The molecule has 0 bridgehead atoms. The zero-order chi connectivity index (χ0) is 20.1. The van der Waals surface area contributed by atoms with Crippen LogP contribution in [0.15, 0.2) is 59.6 Å². The van der Waals surface area contributed by atoms with Crippen molar-refractivity contribution in [3.8, 4) is 11.5 Å². The van der Waals surface area contributed by atoms with Crippen LogP contribution in [-0.4, -0.2) is 13.3 Å². The summed E-state index contributed by atoms with van der Waals surface area (Å²) in [5.41, 5.74) is 3.65. The topological polar surface area (TPSA) is 30.8 Å². The highest BCUT2D eigenvalue weighted by Crippen LogP contribution is 2.37. The fraction of sp³-hybridized carbons (Fsp3) is 0.136. The molecule has 0 aromatic heterocycles. The van der Waals surface area contributed by atoms with E-state index < -0.39 is 0 Å². The molecule has 0 aliphatic rings. The molecule has 0 unspecified atom stereocenters. The van der Waals surface area contributed by atoms with Crippen LogP contribution in [-0.2, 0) is 6.61 Å². The number of rotatable bonds is 6. The molecule has 6 heteroatoms. The van der Waals surface area contributed by atoms with Crippen molar-refractivity contribution in [1.82, 2.24) is 0 Å². The summed E-state index contributed by atoms with van der Waals surface area (Å²) >= 11 is 18.6. The van der Waals surface area contributed by atoms with E-state index in [0.717, 1.165) is 16.8 Å². The molecular weight excluding hydrogens is 417 g/mol. The third-order valence-corrected chi connectivity index (χ3v) is 4.90. The van der Waals surface area contributed by atoms with Crippen LogP contribution < -0.4 is 9.47 Å². The number of aliphatic imine (C=N–C) groups is 1. The van der Waals surface area contributed by atoms with E-state index in [0.29, 0.717) is 26.6 Å². The van der Waals surface area contributed by atoms with E-state index in [9.17, 15) is 0 Å². The fourth-order valence-corrected chi connectivity index (χ4v) is 3.26. The van der Waals surface area contributed by atoms with Crippen molar-refractivity contribution in [3.05, 3.63) is 86.4 Å². The first-order valence-electron chi connectivity index (χ1n) is 8.51. The Labute approximate surface area is 179 Å². The van der Waals surface area contributed by atoms with Crippen molar-refractivity contribution in [2.45, 2.75) is 13.5 Å². The van der Waals surface area contributed by atoms with Gasteiger partial charge in [0.2, 0.25) is 0 Å². The van der Waals surface area contributed by atoms with Gasteiger partial charge in [0, 0.05) is 21.8 Å². The number of ether oxygens (including phenoxy) is 2. The van der Waals surface area contributed by atoms with Crippen molar-refractivity contribution < 1.29 is 9.47 Å². The molecular formula is C22H18Cl3NO2. The van der Waals surface area contributed by atoms with Gasteiger partial charge >= 0.3 is 0 Å². The smallest absolute Gasteiger partial charge is 0.180 e.